The van der Waals surface area contributed by atoms with E-state index >= 15 is 0 Å². The van der Waals surface area contributed by atoms with Crippen LogP contribution in [0.1, 0.15) is 76.5 Å². The standard InChI is InChI=1S/C34H40F3N5O5S2/c1-20(2)30-39-25(18-48-30)31(45)42-13-14-47-33(19-42)8-11-41(12-9-33)17-21-3-5-24(34(35,36)37)22(15-21)7-10-38-16-27(44)23-4-6-26(43)28-29(23)49-32(46)40-28/h3-6,15,18,20,27,38,43-44H,7-14,16-17,19H2,1-2H3,(H,40,46)/t27-/m0/s1. The SMILES string of the molecule is CC(C)c1nc(C(=O)N2CCOC3(CCN(Cc4ccc(C(F)(F)F)c(CCNC[C@H](O)c5ccc(O)c6[nH]c(=O)sc56)c4)CC3)C2)cs1. The second-order valence-corrected chi connectivity index (χ2v) is 15.0. The molecule has 6 rings (SSSR count). The van der Waals surface area contributed by atoms with Gasteiger partial charge in [0.1, 0.15) is 17.0 Å². The zero-order valence-corrected chi connectivity index (χ0v) is 28.9. The predicted molar refractivity (Wildman–Crippen MR) is 182 cm³/mol. The number of aliphatic hydroxyl groups excluding tert-OH is 1. The van der Waals surface area contributed by atoms with E-state index in [2.05, 4.69) is 34.0 Å². The summed E-state index contributed by atoms with van der Waals surface area (Å²) in [6.07, 6.45) is -4.04. The lowest BCUT2D eigenvalue weighted by Crippen LogP contribution is -2.58. The van der Waals surface area contributed by atoms with Crippen molar-refractivity contribution in [3.63, 3.8) is 0 Å². The number of nitrogens with one attached hydrogen (secondary N) is 2. The Bertz CT molecular complexity index is 1850. The van der Waals surface area contributed by atoms with Crippen molar-refractivity contribution in [2.75, 3.05) is 45.9 Å². The summed E-state index contributed by atoms with van der Waals surface area (Å²) in [5.41, 5.74) is 0.979. The van der Waals surface area contributed by atoms with E-state index in [-0.39, 0.29) is 53.0 Å². The summed E-state index contributed by atoms with van der Waals surface area (Å²) in [5, 5.41) is 26.6. The minimum absolute atomic E-state index is 0.0520. The molecule has 2 aliphatic heterocycles. The van der Waals surface area contributed by atoms with Gasteiger partial charge in [0.2, 0.25) is 0 Å². The number of phenolic OH excluding ortho intramolecular Hbond substituents is 1. The van der Waals surface area contributed by atoms with Crippen molar-refractivity contribution in [1.82, 2.24) is 25.1 Å². The summed E-state index contributed by atoms with van der Waals surface area (Å²) in [6, 6.07) is 7.20. The smallest absolute Gasteiger partial charge is 0.416 e. The molecule has 0 radical (unpaired) electrons. The fraction of sp³-hybridized carbons (Fsp3) is 0.500. The van der Waals surface area contributed by atoms with Crippen LogP contribution in [0.4, 0.5) is 13.2 Å². The average molecular weight is 720 g/mol. The van der Waals surface area contributed by atoms with E-state index in [1.54, 1.807) is 6.07 Å². The molecule has 2 fully saturated rings. The number of aromatic amines is 1. The number of aliphatic hydroxyl groups is 1. The summed E-state index contributed by atoms with van der Waals surface area (Å²) in [6.45, 7) is 7.66. The van der Waals surface area contributed by atoms with Crippen molar-refractivity contribution in [2.24, 2.45) is 0 Å². The number of benzene rings is 2. The Hall–Kier alpha value is -3.34. The number of alkyl halides is 3. The van der Waals surface area contributed by atoms with Crippen molar-refractivity contribution < 1.29 is 32.9 Å². The number of aromatic hydroxyl groups is 1. The highest BCUT2D eigenvalue weighted by molar-refractivity contribution is 7.16. The van der Waals surface area contributed by atoms with Gasteiger partial charge >= 0.3 is 11.0 Å². The molecule has 264 valence electrons. The minimum Gasteiger partial charge on any atom is -0.506 e. The molecular weight excluding hydrogens is 680 g/mol. The van der Waals surface area contributed by atoms with Crippen molar-refractivity contribution >= 4 is 38.8 Å². The Labute approximate surface area is 289 Å². The summed E-state index contributed by atoms with van der Waals surface area (Å²) in [7, 11) is 0. The van der Waals surface area contributed by atoms with Gasteiger partial charge in [0.25, 0.3) is 5.91 Å². The molecule has 4 aromatic rings. The van der Waals surface area contributed by atoms with Gasteiger partial charge < -0.3 is 30.2 Å². The van der Waals surface area contributed by atoms with Gasteiger partial charge in [-0.2, -0.15) is 13.2 Å². The lowest BCUT2D eigenvalue weighted by Gasteiger charge is -2.47. The Morgan fingerprint density at radius 2 is 1.96 bits per heavy atom. The van der Waals surface area contributed by atoms with Crippen LogP contribution in [0.3, 0.4) is 0 Å². The number of hydrogen-bond acceptors (Lipinski definition) is 10. The van der Waals surface area contributed by atoms with Crippen LogP contribution in [0.5, 0.6) is 5.75 Å². The minimum atomic E-state index is -4.51. The Morgan fingerprint density at radius 3 is 2.67 bits per heavy atom. The van der Waals surface area contributed by atoms with E-state index in [0.717, 1.165) is 28.0 Å². The largest absolute Gasteiger partial charge is 0.506 e. The number of carbonyl (C=O) groups is 1. The average Bonchev–Trinajstić information content (AvgIpc) is 3.72. The second-order valence-electron chi connectivity index (χ2n) is 13.1. The maximum Gasteiger partial charge on any atom is 0.416 e. The highest BCUT2D eigenvalue weighted by atomic mass is 32.1. The molecule has 2 aromatic heterocycles. The number of ether oxygens (including phenoxy) is 1. The number of halogens is 3. The van der Waals surface area contributed by atoms with Crippen LogP contribution in [0.25, 0.3) is 10.2 Å². The Morgan fingerprint density at radius 1 is 1.18 bits per heavy atom. The second kappa shape index (κ2) is 14.5. The lowest BCUT2D eigenvalue weighted by molar-refractivity contribution is -0.138. The number of nitrogens with zero attached hydrogens (tertiary/aromatic N) is 3. The summed E-state index contributed by atoms with van der Waals surface area (Å²) < 4.78 is 48.5. The summed E-state index contributed by atoms with van der Waals surface area (Å²) >= 11 is 2.37. The maximum absolute atomic E-state index is 14.0. The molecule has 4 N–H and O–H groups in total. The first-order chi connectivity index (χ1) is 23.3. The van der Waals surface area contributed by atoms with Crippen molar-refractivity contribution in [3.05, 3.63) is 78.3 Å². The van der Waals surface area contributed by atoms with Crippen molar-refractivity contribution in [3.8, 4) is 5.75 Å². The van der Waals surface area contributed by atoms with Crippen molar-refractivity contribution in [1.29, 1.82) is 0 Å². The normalized spacial score (nSPS) is 17.7. The first-order valence-corrected chi connectivity index (χ1v) is 18.0. The number of hydrogen-bond donors (Lipinski definition) is 4. The number of rotatable bonds is 10. The molecule has 1 atom stereocenters. The number of likely N-dealkylation sites (tertiary alicyclic amines) is 1. The van der Waals surface area contributed by atoms with E-state index in [4.69, 9.17) is 4.74 Å². The number of H-pyrrole nitrogens is 1. The number of phenols is 1. The molecule has 2 saturated heterocycles. The topological polar surface area (TPSA) is 131 Å². The van der Waals surface area contributed by atoms with Crippen LogP contribution in [-0.4, -0.2) is 87.4 Å². The lowest BCUT2D eigenvalue weighted by atomic mass is 9.89. The maximum atomic E-state index is 14.0. The molecular formula is C34H40F3N5O5S2. The van der Waals surface area contributed by atoms with Crippen molar-refractivity contribution in [2.45, 2.75) is 63.5 Å². The van der Waals surface area contributed by atoms with Crippen LogP contribution in [-0.2, 0) is 23.9 Å². The summed E-state index contributed by atoms with van der Waals surface area (Å²) in [4.78, 5) is 35.8. The quantitative estimate of drug-likeness (QED) is 0.163. The third-order valence-electron chi connectivity index (χ3n) is 9.27. The molecule has 1 amide bonds. The molecule has 0 bridgehead atoms. The number of fused-ring (bicyclic) bond motifs is 1. The van der Waals surface area contributed by atoms with E-state index in [1.807, 2.05) is 10.3 Å². The van der Waals surface area contributed by atoms with Gasteiger partial charge in [-0.1, -0.05) is 43.4 Å². The number of piperidine rings is 1. The van der Waals surface area contributed by atoms with Gasteiger partial charge in [0.15, 0.2) is 0 Å². The molecule has 0 saturated carbocycles. The number of amides is 1. The monoisotopic (exact) mass is 719 g/mol. The molecule has 1 spiro atoms. The third-order valence-corrected chi connectivity index (χ3v) is 11.4. The molecule has 2 aliphatic rings. The van der Waals surface area contributed by atoms with E-state index in [0.29, 0.717) is 68.1 Å². The molecule has 49 heavy (non-hydrogen) atoms. The van der Waals surface area contributed by atoms with Gasteiger partial charge in [0.05, 0.1) is 40.1 Å². The Kier molecular flexibility index (Phi) is 10.5. The number of thiazole rings is 2. The van der Waals surface area contributed by atoms with Crippen LogP contribution in [0.15, 0.2) is 40.5 Å². The fourth-order valence-corrected chi connectivity index (χ4v) is 8.34. The zero-order chi connectivity index (χ0) is 34.9. The first-order valence-electron chi connectivity index (χ1n) is 16.4. The van der Waals surface area contributed by atoms with Gasteiger partial charge in [-0.15, -0.1) is 11.3 Å². The highest BCUT2D eigenvalue weighted by Gasteiger charge is 2.41. The van der Waals surface area contributed by atoms with Gasteiger partial charge in [0, 0.05) is 49.6 Å². The Balaban J connectivity index is 1.04. The molecule has 0 aliphatic carbocycles. The first kappa shape index (κ1) is 35.5. The number of morpholine rings is 1. The third kappa shape index (κ3) is 8.02. The highest BCUT2D eigenvalue weighted by Crippen LogP contribution is 2.35. The molecule has 15 heteroatoms. The van der Waals surface area contributed by atoms with E-state index in [1.165, 1.54) is 29.5 Å². The fourth-order valence-electron chi connectivity index (χ4n) is 6.61. The summed E-state index contributed by atoms with van der Waals surface area (Å²) in [5.74, 6) is 0.0777. The predicted octanol–water partition coefficient (Wildman–Crippen LogP) is 5.27. The number of aromatic nitrogens is 2. The van der Waals surface area contributed by atoms with Crippen LogP contribution >= 0.6 is 22.7 Å². The molecule has 2 aromatic carbocycles. The van der Waals surface area contributed by atoms with Gasteiger partial charge in [-0.3, -0.25) is 14.5 Å². The molecule has 4 heterocycles. The molecule has 10 nitrogen and oxygen atoms in total. The van der Waals surface area contributed by atoms with Gasteiger partial charge in [-0.25, -0.2) is 4.98 Å². The zero-order valence-electron chi connectivity index (χ0n) is 27.3. The van der Waals surface area contributed by atoms with Crippen LogP contribution < -0.4 is 10.2 Å². The van der Waals surface area contributed by atoms with E-state index in [9.17, 15) is 33.0 Å². The van der Waals surface area contributed by atoms with Crippen LogP contribution in [0, 0.1) is 0 Å². The van der Waals surface area contributed by atoms with Gasteiger partial charge in [-0.05, 0) is 49.1 Å². The number of carbonyl (C=O) groups excluding carboxylic acids is 1. The van der Waals surface area contributed by atoms with E-state index < -0.39 is 23.4 Å². The molecule has 0 unspecified atom stereocenters. The van der Waals surface area contributed by atoms with Crippen LogP contribution in [0.2, 0.25) is 0 Å².